The maximum Gasteiger partial charge on any atom is 0.0352 e. The highest BCUT2D eigenvalue weighted by Crippen LogP contribution is 2.37. The van der Waals surface area contributed by atoms with E-state index in [1.807, 2.05) is 0 Å². The molecule has 2 aliphatic carbocycles. The first-order valence-corrected chi connectivity index (χ1v) is 10.1. The third-order valence-electron chi connectivity index (χ3n) is 6.13. The molecule has 2 aliphatic rings. The molecule has 1 heteroatoms. The number of nitrogens with one attached hydrogen (secondary N) is 1. The van der Waals surface area contributed by atoms with E-state index in [-0.39, 0.29) is 5.54 Å². The molecular formula is C20H38N. The van der Waals surface area contributed by atoms with Gasteiger partial charge in [0.25, 0.3) is 0 Å². The molecule has 0 aliphatic heterocycles. The lowest BCUT2D eigenvalue weighted by Gasteiger charge is -2.38. The molecule has 0 heterocycles. The van der Waals surface area contributed by atoms with Gasteiger partial charge in [-0.05, 0) is 31.6 Å². The Kier molecular flexibility index (Phi) is 8.14. The predicted octanol–water partition coefficient (Wildman–Crippen LogP) is 6.67. The summed E-state index contributed by atoms with van der Waals surface area (Å²) in [5.74, 6) is 0.704. The Labute approximate surface area is 133 Å². The largest absolute Gasteiger partial charge is 0.251 e. The maximum absolute atomic E-state index is 9.22. The molecule has 1 radical (unpaired) electrons. The highest BCUT2D eigenvalue weighted by molar-refractivity contribution is 4.91. The first-order valence-electron chi connectivity index (χ1n) is 10.1. The van der Waals surface area contributed by atoms with Gasteiger partial charge in [0.05, 0.1) is 0 Å². The van der Waals surface area contributed by atoms with Crippen LogP contribution in [0.5, 0.6) is 0 Å². The zero-order valence-corrected chi connectivity index (χ0v) is 14.3. The van der Waals surface area contributed by atoms with Crippen LogP contribution in [0.1, 0.15) is 116 Å². The third kappa shape index (κ3) is 6.30. The van der Waals surface area contributed by atoms with E-state index in [0.29, 0.717) is 5.92 Å². The van der Waals surface area contributed by atoms with Gasteiger partial charge in [0.1, 0.15) is 0 Å². The molecule has 0 amide bonds. The highest BCUT2D eigenvalue weighted by atomic mass is 14.8. The van der Waals surface area contributed by atoms with Gasteiger partial charge < -0.3 is 0 Å². The van der Waals surface area contributed by atoms with E-state index in [2.05, 4.69) is 0 Å². The second-order valence-corrected chi connectivity index (χ2v) is 7.88. The summed E-state index contributed by atoms with van der Waals surface area (Å²) in [5.41, 5.74) is 9.14. The lowest BCUT2D eigenvalue weighted by atomic mass is 9.71. The molecule has 2 rings (SSSR count). The van der Waals surface area contributed by atoms with Crippen molar-refractivity contribution >= 4 is 0 Å². The third-order valence-corrected chi connectivity index (χ3v) is 6.13. The van der Waals surface area contributed by atoms with Crippen molar-refractivity contribution in [3.05, 3.63) is 0 Å². The van der Waals surface area contributed by atoms with Crippen LogP contribution in [0.4, 0.5) is 0 Å². The molecule has 0 aromatic rings. The van der Waals surface area contributed by atoms with Crippen molar-refractivity contribution in [1.29, 1.82) is 0 Å². The summed E-state index contributed by atoms with van der Waals surface area (Å²) in [6.45, 7) is 0. The normalized spacial score (nSPS) is 27.9. The molecule has 0 unspecified atom stereocenters. The Morgan fingerprint density at radius 1 is 0.476 bits per heavy atom. The van der Waals surface area contributed by atoms with Gasteiger partial charge in [0.15, 0.2) is 0 Å². The first-order chi connectivity index (χ1) is 10.3. The second kappa shape index (κ2) is 9.87. The Bertz CT molecular complexity index is 241. The van der Waals surface area contributed by atoms with Crippen LogP contribution in [-0.4, -0.2) is 5.54 Å². The monoisotopic (exact) mass is 292 g/mol. The van der Waals surface area contributed by atoms with E-state index in [1.54, 1.807) is 0 Å². The molecule has 1 nitrogen and oxygen atoms in total. The van der Waals surface area contributed by atoms with Crippen molar-refractivity contribution in [2.75, 3.05) is 0 Å². The van der Waals surface area contributed by atoms with Crippen LogP contribution in [0.2, 0.25) is 0 Å². The number of hydrogen-bond donors (Lipinski definition) is 0. The van der Waals surface area contributed by atoms with E-state index < -0.39 is 0 Å². The van der Waals surface area contributed by atoms with Gasteiger partial charge in [0, 0.05) is 5.54 Å². The molecule has 0 bridgehead atoms. The quantitative estimate of drug-likeness (QED) is 0.515. The standard InChI is InChI=1S/C20H38N/c21-20(17-13-9-5-2-6-10-14-18-20)19-15-11-7-3-1-4-8-12-16-19/h19,21H,1-18H2. The summed E-state index contributed by atoms with van der Waals surface area (Å²) in [6.07, 6.45) is 24.7. The molecular weight excluding hydrogens is 254 g/mol. The van der Waals surface area contributed by atoms with Crippen LogP contribution in [0.15, 0.2) is 0 Å². The van der Waals surface area contributed by atoms with Gasteiger partial charge in [-0.1, -0.05) is 89.9 Å². The van der Waals surface area contributed by atoms with Crippen LogP contribution in [-0.2, 0) is 0 Å². The molecule has 0 saturated heterocycles. The Balaban J connectivity index is 1.93. The lowest BCUT2D eigenvalue weighted by molar-refractivity contribution is 0.177. The van der Waals surface area contributed by atoms with Crippen LogP contribution >= 0.6 is 0 Å². The van der Waals surface area contributed by atoms with E-state index in [9.17, 15) is 5.73 Å². The van der Waals surface area contributed by atoms with Crippen molar-refractivity contribution < 1.29 is 0 Å². The van der Waals surface area contributed by atoms with Crippen LogP contribution in [0.25, 0.3) is 0 Å². The van der Waals surface area contributed by atoms with Crippen LogP contribution in [0.3, 0.4) is 0 Å². The average molecular weight is 293 g/mol. The molecule has 123 valence electrons. The maximum atomic E-state index is 9.22. The van der Waals surface area contributed by atoms with E-state index >= 15 is 0 Å². The minimum Gasteiger partial charge on any atom is -0.251 e. The van der Waals surface area contributed by atoms with E-state index in [4.69, 9.17) is 0 Å². The molecule has 0 aromatic heterocycles. The van der Waals surface area contributed by atoms with Gasteiger partial charge in [-0.3, -0.25) is 5.73 Å². The summed E-state index contributed by atoms with van der Waals surface area (Å²) in [5, 5.41) is 0. The van der Waals surface area contributed by atoms with Crippen molar-refractivity contribution in [3.8, 4) is 0 Å². The number of hydrogen-bond acceptors (Lipinski definition) is 0. The molecule has 0 aromatic carbocycles. The Morgan fingerprint density at radius 3 is 1.24 bits per heavy atom. The van der Waals surface area contributed by atoms with Gasteiger partial charge in [-0.15, -0.1) is 0 Å². The van der Waals surface area contributed by atoms with Crippen LogP contribution in [0, 0.1) is 5.92 Å². The summed E-state index contributed by atoms with van der Waals surface area (Å²) >= 11 is 0. The van der Waals surface area contributed by atoms with E-state index in [0.717, 1.165) is 0 Å². The summed E-state index contributed by atoms with van der Waals surface area (Å²) < 4.78 is 0. The van der Waals surface area contributed by atoms with Crippen LogP contribution < -0.4 is 5.73 Å². The van der Waals surface area contributed by atoms with Gasteiger partial charge in [-0.25, -0.2) is 0 Å². The molecule has 2 saturated carbocycles. The van der Waals surface area contributed by atoms with Crippen molar-refractivity contribution in [2.45, 2.75) is 121 Å². The van der Waals surface area contributed by atoms with Crippen molar-refractivity contribution in [2.24, 2.45) is 5.92 Å². The molecule has 1 N–H and O–H groups in total. The van der Waals surface area contributed by atoms with Gasteiger partial charge in [-0.2, -0.15) is 0 Å². The number of rotatable bonds is 1. The fraction of sp³-hybridized carbons (Fsp3) is 1.00. The lowest BCUT2D eigenvalue weighted by Crippen LogP contribution is -2.40. The molecule has 0 atom stereocenters. The van der Waals surface area contributed by atoms with E-state index in [1.165, 1.54) is 116 Å². The zero-order valence-electron chi connectivity index (χ0n) is 14.3. The molecule has 2 fully saturated rings. The highest BCUT2D eigenvalue weighted by Gasteiger charge is 2.34. The fourth-order valence-electron chi connectivity index (χ4n) is 4.66. The summed E-state index contributed by atoms with van der Waals surface area (Å²) in [6, 6.07) is 0. The Hall–Kier alpha value is -0.0400. The first kappa shape index (κ1) is 17.3. The zero-order chi connectivity index (χ0) is 14.8. The minimum absolute atomic E-state index is 0.0729. The van der Waals surface area contributed by atoms with Gasteiger partial charge in [0.2, 0.25) is 0 Å². The molecule has 21 heavy (non-hydrogen) atoms. The second-order valence-electron chi connectivity index (χ2n) is 7.88. The summed E-state index contributed by atoms with van der Waals surface area (Å²) in [7, 11) is 0. The molecule has 0 spiro atoms. The van der Waals surface area contributed by atoms with Crippen molar-refractivity contribution in [1.82, 2.24) is 5.73 Å². The fourth-order valence-corrected chi connectivity index (χ4v) is 4.66. The smallest absolute Gasteiger partial charge is 0.0352 e. The SMILES string of the molecule is [NH]C1(C2CCCCCCCCC2)CCCCCCCCC1. The Morgan fingerprint density at radius 2 is 0.810 bits per heavy atom. The summed E-state index contributed by atoms with van der Waals surface area (Å²) in [4.78, 5) is 0. The minimum atomic E-state index is -0.0729. The predicted molar refractivity (Wildman–Crippen MR) is 92.4 cm³/mol. The van der Waals surface area contributed by atoms with Gasteiger partial charge >= 0.3 is 0 Å². The topological polar surface area (TPSA) is 23.8 Å². The van der Waals surface area contributed by atoms with Crippen molar-refractivity contribution in [3.63, 3.8) is 0 Å². The average Bonchev–Trinajstić information content (AvgIpc) is 2.51.